The minimum Gasteiger partial charge on any atom is -0.496 e. The van der Waals surface area contributed by atoms with Gasteiger partial charge in [-0.1, -0.05) is 6.07 Å². The standard InChI is InChI=1S/C20H32N2O3/c1-3-25-15-17-11-16(6-7-20(17)24-2)12-22-14-18-5-4-9-21(18)13-19(22)8-10-23/h6-7,11,18-19,23H,3-5,8-10,12-15H2,1-2H3/t18?,19-/m0/s1. The summed E-state index contributed by atoms with van der Waals surface area (Å²) < 4.78 is 11.1. The number of hydrogen-bond donors (Lipinski definition) is 1. The summed E-state index contributed by atoms with van der Waals surface area (Å²) in [4.78, 5) is 5.18. The van der Waals surface area contributed by atoms with E-state index in [9.17, 15) is 5.11 Å². The quantitative estimate of drug-likeness (QED) is 0.781. The van der Waals surface area contributed by atoms with Gasteiger partial charge in [0, 0.05) is 50.5 Å². The van der Waals surface area contributed by atoms with Gasteiger partial charge in [0.1, 0.15) is 5.75 Å². The van der Waals surface area contributed by atoms with Crippen LogP contribution in [0.25, 0.3) is 0 Å². The smallest absolute Gasteiger partial charge is 0.124 e. The number of ether oxygens (including phenoxy) is 2. The Hall–Kier alpha value is -1.14. The zero-order valence-corrected chi connectivity index (χ0v) is 15.6. The molecule has 140 valence electrons. The Morgan fingerprint density at radius 3 is 2.92 bits per heavy atom. The van der Waals surface area contributed by atoms with Gasteiger partial charge in [0.25, 0.3) is 0 Å². The molecule has 1 N–H and O–H groups in total. The molecular formula is C20H32N2O3. The first-order valence-corrected chi connectivity index (χ1v) is 9.57. The van der Waals surface area contributed by atoms with E-state index >= 15 is 0 Å². The third-order valence-corrected chi connectivity index (χ3v) is 5.56. The lowest BCUT2D eigenvalue weighted by molar-refractivity contribution is 0.0333. The summed E-state index contributed by atoms with van der Waals surface area (Å²) in [6.07, 6.45) is 3.47. The topological polar surface area (TPSA) is 45.2 Å². The maximum atomic E-state index is 9.47. The normalized spacial score (nSPS) is 24.4. The van der Waals surface area contributed by atoms with Crippen LogP contribution in [0.2, 0.25) is 0 Å². The van der Waals surface area contributed by atoms with E-state index in [1.54, 1.807) is 7.11 Å². The van der Waals surface area contributed by atoms with E-state index in [1.807, 2.05) is 6.92 Å². The first-order chi connectivity index (χ1) is 12.2. The van der Waals surface area contributed by atoms with Crippen molar-refractivity contribution in [3.05, 3.63) is 29.3 Å². The molecule has 0 saturated carbocycles. The molecule has 5 nitrogen and oxygen atoms in total. The highest BCUT2D eigenvalue weighted by Gasteiger charge is 2.35. The van der Waals surface area contributed by atoms with Crippen molar-refractivity contribution in [2.75, 3.05) is 40.0 Å². The van der Waals surface area contributed by atoms with E-state index in [0.29, 0.717) is 25.3 Å². The fraction of sp³-hybridized carbons (Fsp3) is 0.700. The number of nitrogens with zero attached hydrogens (tertiary/aromatic N) is 2. The average molecular weight is 348 g/mol. The van der Waals surface area contributed by atoms with Crippen LogP contribution in [0.5, 0.6) is 5.75 Å². The monoisotopic (exact) mass is 348 g/mol. The van der Waals surface area contributed by atoms with Gasteiger partial charge in [-0.05, 0) is 50.4 Å². The van der Waals surface area contributed by atoms with Gasteiger partial charge < -0.3 is 14.6 Å². The molecule has 0 amide bonds. The van der Waals surface area contributed by atoms with E-state index in [-0.39, 0.29) is 6.61 Å². The number of methoxy groups -OCH3 is 1. The summed E-state index contributed by atoms with van der Waals surface area (Å²) in [5.41, 5.74) is 2.41. The van der Waals surface area contributed by atoms with Gasteiger partial charge >= 0.3 is 0 Å². The molecule has 3 rings (SSSR count). The van der Waals surface area contributed by atoms with Crippen LogP contribution in [0.3, 0.4) is 0 Å². The molecule has 1 unspecified atom stereocenters. The van der Waals surface area contributed by atoms with Crippen molar-refractivity contribution in [1.82, 2.24) is 9.80 Å². The molecule has 2 heterocycles. The van der Waals surface area contributed by atoms with Crippen LogP contribution < -0.4 is 4.74 Å². The highest BCUT2D eigenvalue weighted by Crippen LogP contribution is 2.28. The predicted octanol–water partition coefficient (Wildman–Crippen LogP) is 2.26. The van der Waals surface area contributed by atoms with Crippen LogP contribution >= 0.6 is 0 Å². The van der Waals surface area contributed by atoms with Gasteiger partial charge in [-0.25, -0.2) is 0 Å². The molecule has 0 spiro atoms. The maximum Gasteiger partial charge on any atom is 0.124 e. The summed E-state index contributed by atoms with van der Waals surface area (Å²) in [6, 6.07) is 7.56. The fourth-order valence-electron chi connectivity index (χ4n) is 4.25. The minimum atomic E-state index is 0.262. The van der Waals surface area contributed by atoms with Crippen molar-refractivity contribution in [3.63, 3.8) is 0 Å². The van der Waals surface area contributed by atoms with Crippen molar-refractivity contribution in [2.24, 2.45) is 0 Å². The van der Waals surface area contributed by atoms with Crippen LogP contribution in [-0.2, 0) is 17.9 Å². The Balaban J connectivity index is 1.72. The number of aliphatic hydroxyl groups excluding tert-OH is 1. The number of aliphatic hydroxyl groups is 1. The largest absolute Gasteiger partial charge is 0.496 e. The second-order valence-corrected chi connectivity index (χ2v) is 7.17. The zero-order chi connectivity index (χ0) is 17.6. The van der Waals surface area contributed by atoms with Gasteiger partial charge in [0.05, 0.1) is 13.7 Å². The van der Waals surface area contributed by atoms with Crippen LogP contribution in [0.15, 0.2) is 18.2 Å². The predicted molar refractivity (Wildman–Crippen MR) is 98.8 cm³/mol. The second-order valence-electron chi connectivity index (χ2n) is 7.17. The summed E-state index contributed by atoms with van der Waals surface area (Å²) >= 11 is 0. The van der Waals surface area contributed by atoms with E-state index in [0.717, 1.165) is 37.4 Å². The number of benzene rings is 1. The lowest BCUT2D eigenvalue weighted by Crippen LogP contribution is -2.55. The van der Waals surface area contributed by atoms with Crippen molar-refractivity contribution < 1.29 is 14.6 Å². The molecule has 2 fully saturated rings. The minimum absolute atomic E-state index is 0.262. The van der Waals surface area contributed by atoms with E-state index in [2.05, 4.69) is 28.0 Å². The number of piperazine rings is 1. The van der Waals surface area contributed by atoms with Crippen LogP contribution in [-0.4, -0.2) is 66.9 Å². The van der Waals surface area contributed by atoms with Crippen LogP contribution in [0.1, 0.15) is 37.3 Å². The maximum absolute atomic E-state index is 9.47. The highest BCUT2D eigenvalue weighted by molar-refractivity contribution is 5.37. The van der Waals surface area contributed by atoms with Gasteiger partial charge in [-0.2, -0.15) is 0 Å². The molecule has 0 radical (unpaired) electrons. The van der Waals surface area contributed by atoms with Gasteiger partial charge in [0.2, 0.25) is 0 Å². The van der Waals surface area contributed by atoms with Gasteiger partial charge in [0.15, 0.2) is 0 Å². The Morgan fingerprint density at radius 1 is 1.28 bits per heavy atom. The molecule has 2 aliphatic heterocycles. The molecule has 0 aliphatic carbocycles. The number of hydrogen-bond acceptors (Lipinski definition) is 5. The molecule has 0 bridgehead atoms. The molecule has 2 aliphatic rings. The fourth-order valence-corrected chi connectivity index (χ4v) is 4.25. The molecule has 1 aromatic carbocycles. The van der Waals surface area contributed by atoms with Crippen LogP contribution in [0.4, 0.5) is 0 Å². The molecule has 2 atom stereocenters. The Kier molecular flexibility index (Phi) is 6.70. The Labute approximate surface area is 151 Å². The first-order valence-electron chi connectivity index (χ1n) is 9.57. The number of rotatable bonds is 8. The number of fused-ring (bicyclic) bond motifs is 1. The summed E-state index contributed by atoms with van der Waals surface area (Å²) in [6.45, 7) is 7.92. The summed E-state index contributed by atoms with van der Waals surface area (Å²) in [7, 11) is 1.71. The Morgan fingerprint density at radius 2 is 2.16 bits per heavy atom. The van der Waals surface area contributed by atoms with Crippen molar-refractivity contribution in [2.45, 2.75) is 51.4 Å². The third-order valence-electron chi connectivity index (χ3n) is 5.56. The first kappa shape index (κ1) is 18.6. The molecule has 0 aromatic heterocycles. The SMILES string of the molecule is CCOCc1cc(CN2CC3CCCN3C[C@@H]2CCO)ccc1OC. The zero-order valence-electron chi connectivity index (χ0n) is 15.6. The van der Waals surface area contributed by atoms with E-state index in [4.69, 9.17) is 9.47 Å². The van der Waals surface area contributed by atoms with Gasteiger partial charge in [-0.3, -0.25) is 9.80 Å². The molecule has 2 saturated heterocycles. The average Bonchev–Trinajstić information content (AvgIpc) is 3.07. The second kappa shape index (κ2) is 8.99. The molecular weight excluding hydrogens is 316 g/mol. The van der Waals surface area contributed by atoms with Gasteiger partial charge in [-0.15, -0.1) is 0 Å². The highest BCUT2D eigenvalue weighted by atomic mass is 16.5. The molecule has 25 heavy (non-hydrogen) atoms. The summed E-state index contributed by atoms with van der Waals surface area (Å²) in [5.74, 6) is 0.893. The van der Waals surface area contributed by atoms with E-state index in [1.165, 1.54) is 24.9 Å². The Bertz CT molecular complexity index is 552. The molecule has 1 aromatic rings. The van der Waals surface area contributed by atoms with Crippen molar-refractivity contribution in [3.8, 4) is 5.75 Å². The van der Waals surface area contributed by atoms with Crippen molar-refractivity contribution in [1.29, 1.82) is 0 Å². The van der Waals surface area contributed by atoms with Crippen molar-refractivity contribution >= 4 is 0 Å². The lowest BCUT2D eigenvalue weighted by atomic mass is 10.0. The summed E-state index contributed by atoms with van der Waals surface area (Å²) in [5, 5.41) is 9.47. The molecule has 5 heteroatoms. The van der Waals surface area contributed by atoms with Crippen LogP contribution in [0, 0.1) is 0 Å². The lowest BCUT2D eigenvalue weighted by Gasteiger charge is -2.43. The third kappa shape index (κ3) is 4.53. The van der Waals surface area contributed by atoms with E-state index < -0.39 is 0 Å².